The van der Waals surface area contributed by atoms with Crippen LogP contribution in [0.25, 0.3) is 0 Å². The minimum Gasteiger partial charge on any atom is -0.447 e. The molecule has 1 aliphatic carbocycles. The molecule has 0 N–H and O–H groups in total. The number of nitrogens with zero attached hydrogens (tertiary/aromatic N) is 3. The van der Waals surface area contributed by atoms with Crippen molar-refractivity contribution in [1.82, 2.24) is 14.7 Å². The van der Waals surface area contributed by atoms with Gasteiger partial charge in [-0.2, -0.15) is 0 Å². The number of hydrogen-bond donors (Lipinski definition) is 0. The van der Waals surface area contributed by atoms with E-state index in [1.165, 1.54) is 12.8 Å². The highest BCUT2D eigenvalue weighted by molar-refractivity contribution is 5.79. The molecule has 7 nitrogen and oxygen atoms in total. The lowest BCUT2D eigenvalue weighted by Gasteiger charge is -2.50. The molecule has 3 aliphatic heterocycles. The SMILES string of the molecule is CC(C)OC(=O)N1CCC(N2CCC(N3C(=O)CO[C@@H]4CCCCC43)CC2)CC1. The van der Waals surface area contributed by atoms with Gasteiger partial charge in [0, 0.05) is 38.3 Å². The highest BCUT2D eigenvalue weighted by Crippen LogP contribution is 2.33. The number of morpholine rings is 1. The zero-order chi connectivity index (χ0) is 20.4. The van der Waals surface area contributed by atoms with Crippen LogP contribution in [0.5, 0.6) is 0 Å². The van der Waals surface area contributed by atoms with E-state index in [1.54, 1.807) is 0 Å². The first-order valence-corrected chi connectivity index (χ1v) is 11.7. The number of hydrogen-bond acceptors (Lipinski definition) is 5. The quantitative estimate of drug-likeness (QED) is 0.720. The number of fused-ring (bicyclic) bond motifs is 1. The molecule has 0 aromatic heterocycles. The topological polar surface area (TPSA) is 62.3 Å². The Bertz CT molecular complexity index is 583. The molecular weight excluding hydrogens is 370 g/mol. The van der Waals surface area contributed by atoms with Gasteiger partial charge in [-0.1, -0.05) is 12.8 Å². The Morgan fingerprint density at radius 2 is 1.62 bits per heavy atom. The number of carbonyl (C=O) groups is 2. The maximum Gasteiger partial charge on any atom is 0.410 e. The Balaban J connectivity index is 1.26. The summed E-state index contributed by atoms with van der Waals surface area (Å²) in [5, 5.41) is 0. The van der Waals surface area contributed by atoms with E-state index in [0.717, 1.165) is 64.7 Å². The molecule has 29 heavy (non-hydrogen) atoms. The molecule has 2 amide bonds. The molecule has 3 heterocycles. The molecule has 0 aromatic carbocycles. The smallest absolute Gasteiger partial charge is 0.410 e. The number of amides is 2. The lowest BCUT2D eigenvalue weighted by molar-refractivity contribution is -0.167. The van der Waals surface area contributed by atoms with E-state index in [-0.39, 0.29) is 30.8 Å². The Kier molecular flexibility index (Phi) is 6.64. The fourth-order valence-electron chi connectivity index (χ4n) is 5.72. The van der Waals surface area contributed by atoms with Crippen LogP contribution in [0, 0.1) is 0 Å². The summed E-state index contributed by atoms with van der Waals surface area (Å²) in [4.78, 5) is 31.4. The maximum absolute atomic E-state index is 12.6. The first kappa shape index (κ1) is 20.9. The molecule has 164 valence electrons. The molecule has 1 unspecified atom stereocenters. The molecule has 4 aliphatic rings. The van der Waals surface area contributed by atoms with Gasteiger partial charge in [-0.15, -0.1) is 0 Å². The third kappa shape index (κ3) is 4.71. The molecule has 0 radical (unpaired) electrons. The maximum atomic E-state index is 12.6. The summed E-state index contributed by atoms with van der Waals surface area (Å²) in [6.07, 6.45) is 8.81. The van der Waals surface area contributed by atoms with E-state index in [1.807, 2.05) is 18.7 Å². The van der Waals surface area contributed by atoms with Crippen molar-refractivity contribution in [3.63, 3.8) is 0 Å². The van der Waals surface area contributed by atoms with Crippen LogP contribution in [0.15, 0.2) is 0 Å². The van der Waals surface area contributed by atoms with Crippen LogP contribution in [-0.4, -0.2) is 89.8 Å². The zero-order valence-electron chi connectivity index (χ0n) is 18.1. The third-order valence-corrected chi connectivity index (χ3v) is 7.20. The molecule has 0 spiro atoms. The van der Waals surface area contributed by atoms with Crippen molar-refractivity contribution in [3.8, 4) is 0 Å². The van der Waals surface area contributed by atoms with Crippen molar-refractivity contribution in [2.24, 2.45) is 0 Å². The van der Waals surface area contributed by atoms with Crippen LogP contribution in [0.4, 0.5) is 4.79 Å². The van der Waals surface area contributed by atoms with Crippen LogP contribution < -0.4 is 0 Å². The summed E-state index contributed by atoms with van der Waals surface area (Å²) in [6, 6.07) is 1.22. The Labute approximate surface area is 174 Å². The minimum absolute atomic E-state index is 0.0640. The van der Waals surface area contributed by atoms with Crippen molar-refractivity contribution in [1.29, 1.82) is 0 Å². The summed E-state index contributed by atoms with van der Waals surface area (Å²) in [5.41, 5.74) is 0. The van der Waals surface area contributed by atoms with Crippen LogP contribution in [0.3, 0.4) is 0 Å². The lowest BCUT2D eigenvalue weighted by Crippen LogP contribution is -2.61. The number of piperidine rings is 2. The number of likely N-dealkylation sites (tertiary alicyclic amines) is 2. The van der Waals surface area contributed by atoms with E-state index in [0.29, 0.717) is 18.1 Å². The van der Waals surface area contributed by atoms with Crippen molar-refractivity contribution >= 4 is 12.0 Å². The van der Waals surface area contributed by atoms with E-state index in [9.17, 15) is 9.59 Å². The molecule has 7 heteroatoms. The molecule has 4 fully saturated rings. The Morgan fingerprint density at radius 3 is 2.31 bits per heavy atom. The Hall–Kier alpha value is -1.34. The number of rotatable bonds is 3. The zero-order valence-corrected chi connectivity index (χ0v) is 18.1. The molecular formula is C22H37N3O4. The average molecular weight is 408 g/mol. The van der Waals surface area contributed by atoms with Gasteiger partial charge >= 0.3 is 6.09 Å². The predicted molar refractivity (Wildman–Crippen MR) is 110 cm³/mol. The third-order valence-electron chi connectivity index (χ3n) is 7.20. The van der Waals surface area contributed by atoms with Gasteiger partial charge in [-0.25, -0.2) is 4.79 Å². The first-order valence-electron chi connectivity index (χ1n) is 11.7. The molecule has 2 atom stereocenters. The van der Waals surface area contributed by atoms with Gasteiger partial charge in [-0.3, -0.25) is 4.79 Å². The van der Waals surface area contributed by atoms with Crippen molar-refractivity contribution in [2.75, 3.05) is 32.8 Å². The summed E-state index contributed by atoms with van der Waals surface area (Å²) < 4.78 is 11.2. The van der Waals surface area contributed by atoms with Gasteiger partial charge in [0.15, 0.2) is 0 Å². The fourth-order valence-corrected chi connectivity index (χ4v) is 5.72. The molecule has 1 saturated carbocycles. The number of carbonyl (C=O) groups excluding carboxylic acids is 2. The lowest BCUT2D eigenvalue weighted by atomic mass is 9.87. The second kappa shape index (κ2) is 9.21. The number of ether oxygens (including phenoxy) is 2. The summed E-state index contributed by atoms with van der Waals surface area (Å²) in [6.45, 7) is 7.71. The molecule has 3 saturated heterocycles. The molecule has 4 rings (SSSR count). The van der Waals surface area contributed by atoms with Crippen LogP contribution in [0.1, 0.15) is 65.2 Å². The second-order valence-corrected chi connectivity index (χ2v) is 9.42. The highest BCUT2D eigenvalue weighted by atomic mass is 16.6. The van der Waals surface area contributed by atoms with Crippen molar-refractivity contribution in [2.45, 2.75) is 95.5 Å². The van der Waals surface area contributed by atoms with Crippen molar-refractivity contribution in [3.05, 3.63) is 0 Å². The van der Waals surface area contributed by atoms with Crippen LogP contribution in [-0.2, 0) is 14.3 Å². The molecule has 0 aromatic rings. The standard InChI is InChI=1S/C22H37N3O4/c1-16(2)29-22(27)24-13-7-17(8-14-24)23-11-9-18(10-12-23)25-19-5-3-4-6-20(19)28-15-21(25)26/h16-20H,3-15H2,1-2H3/t19?,20-/m1/s1. The van der Waals surface area contributed by atoms with Crippen molar-refractivity contribution < 1.29 is 19.1 Å². The van der Waals surface area contributed by atoms with Gasteiger partial charge in [-0.05, 0) is 52.4 Å². The fraction of sp³-hybridized carbons (Fsp3) is 0.909. The van der Waals surface area contributed by atoms with Gasteiger partial charge < -0.3 is 24.2 Å². The summed E-state index contributed by atoms with van der Waals surface area (Å²) in [5.74, 6) is 0.198. The van der Waals surface area contributed by atoms with E-state index >= 15 is 0 Å². The van der Waals surface area contributed by atoms with E-state index in [2.05, 4.69) is 9.80 Å². The average Bonchev–Trinajstić information content (AvgIpc) is 2.73. The van der Waals surface area contributed by atoms with Gasteiger partial charge in [0.25, 0.3) is 0 Å². The largest absolute Gasteiger partial charge is 0.447 e. The van der Waals surface area contributed by atoms with Gasteiger partial charge in [0.05, 0.1) is 18.2 Å². The first-order chi connectivity index (χ1) is 14.0. The normalized spacial score (nSPS) is 30.5. The summed E-state index contributed by atoms with van der Waals surface area (Å²) >= 11 is 0. The van der Waals surface area contributed by atoms with E-state index in [4.69, 9.17) is 9.47 Å². The molecule has 0 bridgehead atoms. The van der Waals surface area contributed by atoms with Crippen LogP contribution in [0.2, 0.25) is 0 Å². The van der Waals surface area contributed by atoms with Gasteiger partial charge in [0.2, 0.25) is 5.91 Å². The highest BCUT2D eigenvalue weighted by Gasteiger charge is 2.42. The predicted octanol–water partition coefficient (Wildman–Crippen LogP) is 2.63. The monoisotopic (exact) mass is 407 g/mol. The van der Waals surface area contributed by atoms with Crippen LogP contribution >= 0.6 is 0 Å². The second-order valence-electron chi connectivity index (χ2n) is 9.42. The Morgan fingerprint density at radius 1 is 0.966 bits per heavy atom. The minimum atomic E-state index is -0.176. The summed E-state index contributed by atoms with van der Waals surface area (Å²) in [7, 11) is 0. The van der Waals surface area contributed by atoms with Gasteiger partial charge in [0.1, 0.15) is 6.61 Å². The van der Waals surface area contributed by atoms with E-state index < -0.39 is 0 Å².